The number of nitrogens with two attached hydrogens (primary N) is 1. The molecule has 0 atom stereocenters. The molecule has 0 aliphatic heterocycles. The van der Waals surface area contributed by atoms with Gasteiger partial charge in [0, 0.05) is 25.9 Å². The highest BCUT2D eigenvalue weighted by molar-refractivity contribution is 6.34. The maximum Gasteiger partial charge on any atom is 0.126 e. The van der Waals surface area contributed by atoms with Gasteiger partial charge in [-0.25, -0.2) is 0 Å². The molecule has 0 spiro atoms. The maximum absolute atomic E-state index is 8.73. The summed E-state index contributed by atoms with van der Waals surface area (Å²) in [4.78, 5) is 2.04. The molecule has 0 amide bonds. The van der Waals surface area contributed by atoms with Crippen molar-refractivity contribution in [1.29, 1.82) is 5.41 Å². The van der Waals surface area contributed by atoms with E-state index >= 15 is 0 Å². The van der Waals surface area contributed by atoms with Gasteiger partial charge in [0.15, 0.2) is 0 Å². The van der Waals surface area contributed by atoms with Crippen LogP contribution in [0.2, 0.25) is 5.02 Å². The number of hydrogen-bond acceptors (Lipinski definition) is 3. The van der Waals surface area contributed by atoms with Crippen LogP contribution in [-0.4, -0.2) is 31.1 Å². The van der Waals surface area contributed by atoms with E-state index < -0.39 is 0 Å². The fourth-order valence-corrected chi connectivity index (χ4v) is 2.13. The number of amidine groups is 1. The molecular formula is C13H20ClN3O. The van der Waals surface area contributed by atoms with Crippen LogP contribution in [0.4, 0.5) is 5.69 Å². The first-order chi connectivity index (χ1) is 8.57. The molecule has 0 fully saturated rings. The third-order valence-corrected chi connectivity index (χ3v) is 3.14. The monoisotopic (exact) mass is 269 g/mol. The van der Waals surface area contributed by atoms with E-state index in [1.54, 1.807) is 6.07 Å². The van der Waals surface area contributed by atoms with Crippen LogP contribution in [-0.2, 0) is 0 Å². The topological polar surface area (TPSA) is 73.3 Å². The normalized spacial score (nSPS) is 10.4. The average Bonchev–Trinajstić information content (AvgIpc) is 2.33. The first-order valence-corrected chi connectivity index (χ1v) is 6.40. The predicted molar refractivity (Wildman–Crippen MR) is 76.7 cm³/mol. The van der Waals surface area contributed by atoms with Gasteiger partial charge in [0.25, 0.3) is 0 Å². The van der Waals surface area contributed by atoms with E-state index in [-0.39, 0.29) is 12.4 Å². The summed E-state index contributed by atoms with van der Waals surface area (Å²) in [5.74, 6) is -0.0159. The molecule has 0 aliphatic rings. The van der Waals surface area contributed by atoms with Crippen molar-refractivity contribution in [3.8, 4) is 0 Å². The van der Waals surface area contributed by atoms with E-state index in [9.17, 15) is 0 Å². The fourth-order valence-electron chi connectivity index (χ4n) is 1.86. The van der Waals surface area contributed by atoms with Gasteiger partial charge in [-0.1, -0.05) is 17.7 Å². The van der Waals surface area contributed by atoms with E-state index in [2.05, 4.69) is 0 Å². The highest BCUT2D eigenvalue weighted by atomic mass is 35.5. The summed E-state index contributed by atoms with van der Waals surface area (Å²) in [5, 5.41) is 16.8. The Bertz CT molecular complexity index is 409. The standard InChI is InChI=1S/C13H20ClN3O/c1-17(8-3-2-4-9-18)11-7-5-6-10(14)12(11)13(15)16/h5-7,18H,2-4,8-9H2,1H3,(H3,15,16). The van der Waals surface area contributed by atoms with Crippen LogP contribution in [0.1, 0.15) is 24.8 Å². The van der Waals surface area contributed by atoms with Crippen molar-refractivity contribution in [3.63, 3.8) is 0 Å². The van der Waals surface area contributed by atoms with Crippen LogP contribution in [0, 0.1) is 5.41 Å². The van der Waals surface area contributed by atoms with E-state index in [4.69, 9.17) is 27.9 Å². The Hall–Kier alpha value is -1.26. The Morgan fingerprint density at radius 1 is 1.39 bits per heavy atom. The average molecular weight is 270 g/mol. The minimum absolute atomic E-state index is 0.0159. The van der Waals surface area contributed by atoms with Gasteiger partial charge in [0.2, 0.25) is 0 Å². The molecule has 1 rings (SSSR count). The van der Waals surface area contributed by atoms with Crippen LogP contribution in [0.15, 0.2) is 18.2 Å². The van der Waals surface area contributed by atoms with Crippen molar-refractivity contribution in [3.05, 3.63) is 28.8 Å². The number of aliphatic hydroxyl groups is 1. The number of halogens is 1. The quantitative estimate of drug-likeness (QED) is 0.404. The maximum atomic E-state index is 8.73. The van der Waals surface area contributed by atoms with Gasteiger partial charge in [-0.15, -0.1) is 0 Å². The van der Waals surface area contributed by atoms with Gasteiger partial charge in [-0.3, -0.25) is 5.41 Å². The van der Waals surface area contributed by atoms with Crippen LogP contribution in [0.5, 0.6) is 0 Å². The third-order valence-electron chi connectivity index (χ3n) is 2.82. The zero-order valence-corrected chi connectivity index (χ0v) is 11.4. The summed E-state index contributed by atoms with van der Waals surface area (Å²) in [5.41, 5.74) is 7.03. The molecule has 0 bridgehead atoms. The molecule has 0 heterocycles. The summed E-state index contributed by atoms with van der Waals surface area (Å²) in [7, 11) is 1.96. The van der Waals surface area contributed by atoms with E-state index in [1.807, 2.05) is 24.1 Å². The van der Waals surface area contributed by atoms with Crippen molar-refractivity contribution < 1.29 is 5.11 Å². The van der Waals surface area contributed by atoms with Gasteiger partial charge in [-0.05, 0) is 31.4 Å². The second-order valence-electron chi connectivity index (χ2n) is 4.25. The number of nitrogens with zero attached hydrogens (tertiary/aromatic N) is 1. The Balaban J connectivity index is 2.76. The van der Waals surface area contributed by atoms with Crippen LogP contribution in [0.25, 0.3) is 0 Å². The first-order valence-electron chi connectivity index (χ1n) is 6.02. The molecule has 5 heteroatoms. The molecule has 0 saturated heterocycles. The van der Waals surface area contributed by atoms with Crippen molar-refractivity contribution >= 4 is 23.1 Å². The fraction of sp³-hybridized carbons (Fsp3) is 0.462. The molecule has 0 aromatic heterocycles. The molecule has 0 unspecified atom stereocenters. The summed E-state index contributed by atoms with van der Waals surface area (Å²) < 4.78 is 0. The molecule has 4 N–H and O–H groups in total. The third kappa shape index (κ3) is 3.89. The number of nitrogens with one attached hydrogen (secondary N) is 1. The lowest BCUT2D eigenvalue weighted by Crippen LogP contribution is -2.23. The second-order valence-corrected chi connectivity index (χ2v) is 4.66. The van der Waals surface area contributed by atoms with Crippen LogP contribution >= 0.6 is 11.6 Å². The largest absolute Gasteiger partial charge is 0.396 e. The minimum atomic E-state index is -0.0159. The SMILES string of the molecule is CN(CCCCCO)c1cccc(Cl)c1C(=N)N. The van der Waals surface area contributed by atoms with Gasteiger partial charge in [0.05, 0.1) is 10.6 Å². The Labute approximate surface area is 113 Å². The molecule has 0 aliphatic carbocycles. The van der Waals surface area contributed by atoms with Crippen molar-refractivity contribution in [2.24, 2.45) is 5.73 Å². The van der Waals surface area contributed by atoms with E-state index in [0.29, 0.717) is 10.6 Å². The van der Waals surface area contributed by atoms with Crippen LogP contribution in [0.3, 0.4) is 0 Å². The Morgan fingerprint density at radius 2 is 2.11 bits per heavy atom. The summed E-state index contributed by atoms with van der Waals surface area (Å²) in [6, 6.07) is 5.50. The zero-order chi connectivity index (χ0) is 13.5. The first kappa shape index (κ1) is 14.8. The number of aliphatic hydroxyl groups excluding tert-OH is 1. The predicted octanol–water partition coefficient (Wildman–Crippen LogP) is 2.22. The smallest absolute Gasteiger partial charge is 0.126 e. The molecule has 0 saturated carbocycles. The second kappa shape index (κ2) is 7.24. The number of unbranched alkanes of at least 4 members (excludes halogenated alkanes) is 2. The van der Waals surface area contributed by atoms with Crippen molar-refractivity contribution in [1.82, 2.24) is 0 Å². The lowest BCUT2D eigenvalue weighted by atomic mass is 10.1. The van der Waals surface area contributed by atoms with Gasteiger partial charge >= 0.3 is 0 Å². The number of rotatable bonds is 7. The lowest BCUT2D eigenvalue weighted by Gasteiger charge is -2.22. The van der Waals surface area contributed by atoms with Crippen LogP contribution < -0.4 is 10.6 Å². The molecule has 100 valence electrons. The van der Waals surface area contributed by atoms with E-state index in [0.717, 1.165) is 31.5 Å². The molecular weight excluding hydrogens is 250 g/mol. The lowest BCUT2D eigenvalue weighted by molar-refractivity contribution is 0.283. The Morgan fingerprint density at radius 3 is 2.72 bits per heavy atom. The molecule has 18 heavy (non-hydrogen) atoms. The van der Waals surface area contributed by atoms with Gasteiger partial charge < -0.3 is 15.7 Å². The van der Waals surface area contributed by atoms with Crippen molar-refractivity contribution in [2.45, 2.75) is 19.3 Å². The van der Waals surface area contributed by atoms with Crippen molar-refractivity contribution in [2.75, 3.05) is 25.1 Å². The number of hydrogen-bond donors (Lipinski definition) is 3. The number of benzene rings is 1. The molecule has 1 aromatic rings. The van der Waals surface area contributed by atoms with Gasteiger partial charge in [0.1, 0.15) is 5.84 Å². The summed E-state index contributed by atoms with van der Waals surface area (Å²) >= 11 is 6.07. The highest BCUT2D eigenvalue weighted by Crippen LogP contribution is 2.26. The highest BCUT2D eigenvalue weighted by Gasteiger charge is 2.12. The Kier molecular flexibility index (Phi) is 5.95. The van der Waals surface area contributed by atoms with E-state index in [1.165, 1.54) is 0 Å². The number of anilines is 1. The molecule has 0 radical (unpaired) electrons. The molecule has 1 aromatic carbocycles. The molecule has 4 nitrogen and oxygen atoms in total. The van der Waals surface area contributed by atoms with Gasteiger partial charge in [-0.2, -0.15) is 0 Å². The summed E-state index contributed by atoms with van der Waals surface area (Å²) in [6.07, 6.45) is 2.79. The minimum Gasteiger partial charge on any atom is -0.396 e. The number of nitrogen functional groups attached to an aromatic ring is 1. The summed E-state index contributed by atoms with van der Waals surface area (Å²) in [6.45, 7) is 1.08. The zero-order valence-electron chi connectivity index (χ0n) is 10.6.